The van der Waals surface area contributed by atoms with Crippen molar-refractivity contribution >= 4 is 0 Å². The van der Waals surface area contributed by atoms with Gasteiger partial charge in [-0.2, -0.15) is 0 Å². The van der Waals surface area contributed by atoms with Crippen LogP contribution >= 0.6 is 0 Å². The quantitative estimate of drug-likeness (QED) is 0.744. The number of hydrogen-bond acceptors (Lipinski definition) is 3. The van der Waals surface area contributed by atoms with E-state index in [1.54, 1.807) is 0 Å². The topological polar surface area (TPSA) is 52.0 Å². The monoisotopic (exact) mass is 168 g/mol. The zero-order valence-corrected chi connectivity index (χ0v) is 7.71. The molecule has 0 amide bonds. The fraction of sp³-hybridized carbons (Fsp3) is 0.667. The summed E-state index contributed by atoms with van der Waals surface area (Å²) >= 11 is 0. The van der Waals surface area contributed by atoms with Crippen molar-refractivity contribution in [2.75, 3.05) is 0 Å². The standard InChI is InChI=1S/C9H16N2O/c1-7(2)3-4-9-8(5-10)11-6-12-9/h6-7H,3-5,10H2,1-2H3. The number of nitrogens with two attached hydrogens (primary N) is 1. The van der Waals surface area contributed by atoms with E-state index < -0.39 is 0 Å². The lowest BCUT2D eigenvalue weighted by atomic mass is 10.1. The van der Waals surface area contributed by atoms with Crippen molar-refractivity contribution in [1.82, 2.24) is 4.98 Å². The Balaban J connectivity index is 2.50. The second-order valence-corrected chi connectivity index (χ2v) is 3.36. The molecule has 1 aromatic rings. The van der Waals surface area contributed by atoms with Crippen molar-refractivity contribution in [2.24, 2.45) is 11.7 Å². The van der Waals surface area contributed by atoms with Crippen LogP contribution in [0.3, 0.4) is 0 Å². The molecule has 1 aromatic heterocycles. The maximum absolute atomic E-state index is 5.48. The summed E-state index contributed by atoms with van der Waals surface area (Å²) in [5.74, 6) is 1.65. The Morgan fingerprint density at radius 3 is 2.92 bits per heavy atom. The predicted molar refractivity (Wildman–Crippen MR) is 47.6 cm³/mol. The average Bonchev–Trinajstić information content (AvgIpc) is 2.47. The largest absolute Gasteiger partial charge is 0.448 e. The molecule has 0 fully saturated rings. The summed E-state index contributed by atoms with van der Waals surface area (Å²) in [6.45, 7) is 4.86. The summed E-state index contributed by atoms with van der Waals surface area (Å²) in [5, 5.41) is 0. The molecule has 0 aromatic carbocycles. The summed E-state index contributed by atoms with van der Waals surface area (Å²) in [6, 6.07) is 0. The Morgan fingerprint density at radius 1 is 1.58 bits per heavy atom. The number of aromatic nitrogens is 1. The lowest BCUT2D eigenvalue weighted by Gasteiger charge is -2.02. The van der Waals surface area contributed by atoms with Crippen molar-refractivity contribution in [3.8, 4) is 0 Å². The van der Waals surface area contributed by atoms with E-state index >= 15 is 0 Å². The van der Waals surface area contributed by atoms with Crippen LogP contribution in [0.5, 0.6) is 0 Å². The van der Waals surface area contributed by atoms with Crippen molar-refractivity contribution in [3.05, 3.63) is 17.8 Å². The van der Waals surface area contributed by atoms with Crippen molar-refractivity contribution in [3.63, 3.8) is 0 Å². The Morgan fingerprint density at radius 2 is 2.33 bits per heavy atom. The predicted octanol–water partition coefficient (Wildman–Crippen LogP) is 1.72. The average molecular weight is 168 g/mol. The molecule has 0 aliphatic rings. The van der Waals surface area contributed by atoms with Gasteiger partial charge >= 0.3 is 0 Å². The lowest BCUT2D eigenvalue weighted by Crippen LogP contribution is -2.01. The molecule has 0 aliphatic carbocycles. The number of rotatable bonds is 4. The Kier molecular flexibility index (Phi) is 3.29. The van der Waals surface area contributed by atoms with Gasteiger partial charge in [-0.3, -0.25) is 0 Å². The first kappa shape index (κ1) is 9.26. The van der Waals surface area contributed by atoms with Crippen LogP contribution in [0.4, 0.5) is 0 Å². The molecule has 68 valence electrons. The van der Waals surface area contributed by atoms with E-state index in [1.807, 2.05) is 0 Å². The molecule has 0 atom stereocenters. The maximum Gasteiger partial charge on any atom is 0.181 e. The molecule has 0 aliphatic heterocycles. The number of hydrogen-bond donors (Lipinski definition) is 1. The molecule has 0 saturated heterocycles. The first-order valence-electron chi connectivity index (χ1n) is 4.35. The Bertz CT molecular complexity index is 230. The summed E-state index contributed by atoms with van der Waals surface area (Å²) in [5.41, 5.74) is 6.38. The second-order valence-electron chi connectivity index (χ2n) is 3.36. The van der Waals surface area contributed by atoms with E-state index in [2.05, 4.69) is 18.8 Å². The highest BCUT2D eigenvalue weighted by Crippen LogP contribution is 2.12. The number of nitrogens with zero attached hydrogens (tertiary/aromatic N) is 1. The highest BCUT2D eigenvalue weighted by molar-refractivity contribution is 5.06. The molecule has 3 heteroatoms. The maximum atomic E-state index is 5.48. The molecule has 0 saturated carbocycles. The van der Waals surface area contributed by atoms with E-state index in [4.69, 9.17) is 10.2 Å². The third kappa shape index (κ3) is 2.34. The van der Waals surface area contributed by atoms with Crippen molar-refractivity contribution in [1.29, 1.82) is 0 Å². The summed E-state index contributed by atoms with van der Waals surface area (Å²) in [6.07, 6.45) is 3.55. The molecule has 0 unspecified atom stereocenters. The van der Waals surface area contributed by atoms with E-state index in [0.29, 0.717) is 12.5 Å². The van der Waals surface area contributed by atoms with Crippen LogP contribution in [0, 0.1) is 5.92 Å². The van der Waals surface area contributed by atoms with Crippen LogP contribution in [0.1, 0.15) is 31.7 Å². The Hall–Kier alpha value is -0.830. The lowest BCUT2D eigenvalue weighted by molar-refractivity contribution is 0.469. The van der Waals surface area contributed by atoms with E-state index in [0.717, 1.165) is 24.3 Å². The SMILES string of the molecule is CC(C)CCc1ocnc1CN. The van der Waals surface area contributed by atoms with Gasteiger partial charge < -0.3 is 10.2 Å². The van der Waals surface area contributed by atoms with Gasteiger partial charge in [-0.05, 0) is 12.3 Å². The molecule has 2 N–H and O–H groups in total. The van der Waals surface area contributed by atoms with Crippen molar-refractivity contribution in [2.45, 2.75) is 33.2 Å². The third-order valence-corrected chi connectivity index (χ3v) is 1.87. The third-order valence-electron chi connectivity index (χ3n) is 1.87. The van der Waals surface area contributed by atoms with Crippen LogP contribution in [0.25, 0.3) is 0 Å². The van der Waals surface area contributed by atoms with Gasteiger partial charge in [0.25, 0.3) is 0 Å². The number of oxazole rings is 1. The van der Waals surface area contributed by atoms with E-state index in [9.17, 15) is 0 Å². The van der Waals surface area contributed by atoms with Gasteiger partial charge in [-0.15, -0.1) is 0 Å². The normalized spacial score (nSPS) is 11.0. The van der Waals surface area contributed by atoms with Crippen LogP contribution in [0.15, 0.2) is 10.8 Å². The van der Waals surface area contributed by atoms with Crippen LogP contribution in [0.2, 0.25) is 0 Å². The molecule has 0 radical (unpaired) electrons. The minimum atomic E-state index is 0.476. The van der Waals surface area contributed by atoms with Gasteiger partial charge in [0.05, 0.1) is 5.69 Å². The highest BCUT2D eigenvalue weighted by Gasteiger charge is 2.06. The molecule has 0 spiro atoms. The van der Waals surface area contributed by atoms with Gasteiger partial charge in [-0.25, -0.2) is 4.98 Å². The van der Waals surface area contributed by atoms with Crippen molar-refractivity contribution < 1.29 is 4.42 Å². The van der Waals surface area contributed by atoms with Gasteiger partial charge in [0.15, 0.2) is 6.39 Å². The van der Waals surface area contributed by atoms with Gasteiger partial charge in [-0.1, -0.05) is 13.8 Å². The molecular weight excluding hydrogens is 152 g/mol. The zero-order chi connectivity index (χ0) is 8.97. The summed E-state index contributed by atoms with van der Waals surface area (Å²) in [4.78, 5) is 4.02. The van der Waals surface area contributed by atoms with E-state index in [-0.39, 0.29) is 0 Å². The van der Waals surface area contributed by atoms with Gasteiger partial charge in [0.1, 0.15) is 5.76 Å². The second kappa shape index (κ2) is 4.26. The molecule has 12 heavy (non-hydrogen) atoms. The zero-order valence-electron chi connectivity index (χ0n) is 7.71. The summed E-state index contributed by atoms with van der Waals surface area (Å²) < 4.78 is 5.21. The summed E-state index contributed by atoms with van der Waals surface area (Å²) in [7, 11) is 0. The fourth-order valence-electron chi connectivity index (χ4n) is 1.08. The van der Waals surface area contributed by atoms with Crippen LogP contribution in [-0.2, 0) is 13.0 Å². The first-order chi connectivity index (χ1) is 5.74. The van der Waals surface area contributed by atoms with Gasteiger partial charge in [0.2, 0.25) is 0 Å². The first-order valence-corrected chi connectivity index (χ1v) is 4.35. The smallest absolute Gasteiger partial charge is 0.181 e. The highest BCUT2D eigenvalue weighted by atomic mass is 16.3. The molecule has 3 nitrogen and oxygen atoms in total. The minimum absolute atomic E-state index is 0.476. The molecular formula is C9H16N2O. The molecule has 1 rings (SSSR count). The molecule has 1 heterocycles. The van der Waals surface area contributed by atoms with Crippen LogP contribution < -0.4 is 5.73 Å². The van der Waals surface area contributed by atoms with Gasteiger partial charge in [0, 0.05) is 13.0 Å². The Labute approximate surface area is 73.0 Å². The van der Waals surface area contributed by atoms with E-state index in [1.165, 1.54) is 6.39 Å². The fourth-order valence-corrected chi connectivity index (χ4v) is 1.08. The minimum Gasteiger partial charge on any atom is -0.448 e. The molecule has 0 bridgehead atoms. The number of aryl methyl sites for hydroxylation is 1. The van der Waals surface area contributed by atoms with Crippen LogP contribution in [-0.4, -0.2) is 4.98 Å².